The van der Waals surface area contributed by atoms with Crippen molar-refractivity contribution in [1.82, 2.24) is 5.32 Å². The second-order valence-electron chi connectivity index (χ2n) is 4.55. The molecule has 0 saturated heterocycles. The SMILES string of the molecule is O=C(NC(C(=O)O)C1CC1)c1cc([N+](=O)[O-])ccc1I. The Morgan fingerprint density at radius 3 is 2.60 bits per heavy atom. The van der Waals surface area contributed by atoms with Gasteiger partial charge < -0.3 is 10.4 Å². The minimum absolute atomic E-state index is 0.0483. The Hall–Kier alpha value is -1.71. The van der Waals surface area contributed by atoms with Crippen LogP contribution in [-0.4, -0.2) is 27.9 Å². The van der Waals surface area contributed by atoms with Crippen LogP contribution in [0.3, 0.4) is 0 Å². The summed E-state index contributed by atoms with van der Waals surface area (Å²) in [6.45, 7) is 0. The highest BCUT2D eigenvalue weighted by molar-refractivity contribution is 14.1. The second-order valence-corrected chi connectivity index (χ2v) is 5.71. The van der Waals surface area contributed by atoms with Crippen molar-refractivity contribution in [3.63, 3.8) is 0 Å². The fraction of sp³-hybridized carbons (Fsp3) is 0.333. The maximum atomic E-state index is 12.1. The number of carboxylic acids is 1. The van der Waals surface area contributed by atoms with Gasteiger partial charge in [-0.2, -0.15) is 0 Å². The molecule has 106 valence electrons. The smallest absolute Gasteiger partial charge is 0.326 e. The van der Waals surface area contributed by atoms with E-state index in [9.17, 15) is 19.7 Å². The van der Waals surface area contributed by atoms with E-state index in [1.165, 1.54) is 12.1 Å². The van der Waals surface area contributed by atoms with Crippen LogP contribution in [0.15, 0.2) is 18.2 Å². The highest BCUT2D eigenvalue weighted by Gasteiger charge is 2.37. The van der Waals surface area contributed by atoms with E-state index >= 15 is 0 Å². The number of nitro groups is 1. The minimum Gasteiger partial charge on any atom is -0.480 e. The third-order valence-corrected chi connectivity index (χ3v) is 3.99. The average Bonchev–Trinajstić information content (AvgIpc) is 3.19. The molecule has 0 bridgehead atoms. The Morgan fingerprint density at radius 2 is 2.10 bits per heavy atom. The summed E-state index contributed by atoms with van der Waals surface area (Å²) in [5.74, 6) is -1.73. The Labute approximate surface area is 127 Å². The molecule has 1 aliphatic rings. The highest BCUT2D eigenvalue weighted by Crippen LogP contribution is 2.33. The van der Waals surface area contributed by atoms with E-state index in [1.54, 1.807) is 0 Å². The van der Waals surface area contributed by atoms with Gasteiger partial charge in [0, 0.05) is 15.7 Å². The van der Waals surface area contributed by atoms with Crippen LogP contribution in [0, 0.1) is 19.6 Å². The molecular weight excluding hydrogens is 379 g/mol. The molecule has 2 rings (SSSR count). The average molecular weight is 390 g/mol. The van der Waals surface area contributed by atoms with E-state index in [4.69, 9.17) is 5.11 Å². The van der Waals surface area contributed by atoms with Gasteiger partial charge in [-0.05, 0) is 47.4 Å². The zero-order chi connectivity index (χ0) is 14.9. The molecule has 2 N–H and O–H groups in total. The quantitative estimate of drug-likeness (QED) is 0.453. The number of nitrogens with one attached hydrogen (secondary N) is 1. The van der Waals surface area contributed by atoms with E-state index in [0.717, 1.165) is 18.9 Å². The van der Waals surface area contributed by atoms with Crippen molar-refractivity contribution in [3.05, 3.63) is 37.4 Å². The molecule has 1 amide bonds. The number of hydrogen-bond donors (Lipinski definition) is 2. The number of nitro benzene ring substituents is 1. The molecule has 1 aromatic rings. The van der Waals surface area contributed by atoms with Gasteiger partial charge in [-0.15, -0.1) is 0 Å². The first-order valence-electron chi connectivity index (χ1n) is 5.87. The topological polar surface area (TPSA) is 110 Å². The van der Waals surface area contributed by atoms with Crippen LogP contribution in [0.4, 0.5) is 5.69 Å². The molecule has 0 spiro atoms. The lowest BCUT2D eigenvalue weighted by Gasteiger charge is -2.14. The summed E-state index contributed by atoms with van der Waals surface area (Å²) in [6, 6.07) is 2.98. The molecule has 0 aromatic heterocycles. The molecule has 1 aromatic carbocycles. The normalized spacial score (nSPS) is 15.4. The van der Waals surface area contributed by atoms with Crippen LogP contribution in [0.25, 0.3) is 0 Å². The first-order valence-corrected chi connectivity index (χ1v) is 6.95. The molecule has 1 saturated carbocycles. The van der Waals surface area contributed by atoms with Gasteiger partial charge in [0.05, 0.1) is 10.5 Å². The Morgan fingerprint density at radius 1 is 1.45 bits per heavy atom. The Balaban J connectivity index is 2.21. The van der Waals surface area contributed by atoms with Crippen molar-refractivity contribution in [3.8, 4) is 0 Å². The zero-order valence-electron chi connectivity index (χ0n) is 10.2. The molecule has 1 aliphatic carbocycles. The van der Waals surface area contributed by atoms with E-state index in [2.05, 4.69) is 5.32 Å². The van der Waals surface area contributed by atoms with Gasteiger partial charge in [0.2, 0.25) is 0 Å². The van der Waals surface area contributed by atoms with Gasteiger partial charge >= 0.3 is 5.97 Å². The van der Waals surface area contributed by atoms with Crippen LogP contribution in [-0.2, 0) is 4.79 Å². The third kappa shape index (κ3) is 3.24. The van der Waals surface area contributed by atoms with Gasteiger partial charge in [-0.3, -0.25) is 14.9 Å². The molecule has 20 heavy (non-hydrogen) atoms. The summed E-state index contributed by atoms with van der Waals surface area (Å²) in [6.07, 6.45) is 1.53. The first kappa shape index (κ1) is 14.7. The van der Waals surface area contributed by atoms with E-state index in [0.29, 0.717) is 3.57 Å². The molecule has 7 nitrogen and oxygen atoms in total. The molecule has 1 fully saturated rings. The molecule has 8 heteroatoms. The standard InChI is InChI=1S/C12H11IN2O5/c13-9-4-3-7(15(19)20)5-8(9)11(16)14-10(12(17)18)6-1-2-6/h3-6,10H,1-2H2,(H,14,16)(H,17,18). The first-order chi connectivity index (χ1) is 9.40. The second kappa shape index (κ2) is 5.73. The van der Waals surface area contributed by atoms with E-state index in [1.807, 2.05) is 22.6 Å². The van der Waals surface area contributed by atoms with Crippen molar-refractivity contribution < 1.29 is 19.6 Å². The number of carbonyl (C=O) groups excluding carboxylic acids is 1. The number of halogens is 1. The van der Waals surface area contributed by atoms with Crippen LogP contribution < -0.4 is 5.32 Å². The van der Waals surface area contributed by atoms with Crippen molar-refractivity contribution >= 4 is 40.2 Å². The van der Waals surface area contributed by atoms with Crippen LogP contribution >= 0.6 is 22.6 Å². The Kier molecular flexibility index (Phi) is 4.21. The molecule has 1 atom stereocenters. The van der Waals surface area contributed by atoms with Crippen molar-refractivity contribution in [2.24, 2.45) is 5.92 Å². The lowest BCUT2D eigenvalue weighted by Crippen LogP contribution is -2.42. The molecule has 0 radical (unpaired) electrons. The van der Waals surface area contributed by atoms with Gasteiger partial charge in [-0.25, -0.2) is 4.79 Å². The van der Waals surface area contributed by atoms with Gasteiger partial charge in [-0.1, -0.05) is 0 Å². The number of aliphatic carboxylic acids is 1. The summed E-state index contributed by atoms with van der Waals surface area (Å²) in [4.78, 5) is 33.3. The zero-order valence-corrected chi connectivity index (χ0v) is 12.4. The summed E-state index contributed by atoms with van der Waals surface area (Å²) >= 11 is 1.88. The largest absolute Gasteiger partial charge is 0.480 e. The van der Waals surface area contributed by atoms with Gasteiger partial charge in [0.25, 0.3) is 11.6 Å². The van der Waals surface area contributed by atoms with Gasteiger partial charge in [0.1, 0.15) is 6.04 Å². The number of amides is 1. The summed E-state index contributed by atoms with van der Waals surface area (Å²) < 4.78 is 0.533. The summed E-state index contributed by atoms with van der Waals surface area (Å²) in [5.41, 5.74) is -0.0828. The van der Waals surface area contributed by atoms with Crippen molar-refractivity contribution in [1.29, 1.82) is 0 Å². The predicted octanol–water partition coefficient (Wildman–Crippen LogP) is 1.79. The maximum Gasteiger partial charge on any atom is 0.326 e. The number of non-ortho nitro benzene ring substituents is 1. The fourth-order valence-corrected chi connectivity index (χ4v) is 2.41. The van der Waals surface area contributed by atoms with Crippen molar-refractivity contribution in [2.75, 3.05) is 0 Å². The molecule has 0 heterocycles. The molecule has 1 unspecified atom stereocenters. The number of benzene rings is 1. The van der Waals surface area contributed by atoms with Gasteiger partial charge in [0.15, 0.2) is 0 Å². The van der Waals surface area contributed by atoms with E-state index in [-0.39, 0.29) is 17.2 Å². The monoisotopic (exact) mass is 390 g/mol. The van der Waals surface area contributed by atoms with Crippen LogP contribution in [0.5, 0.6) is 0 Å². The van der Waals surface area contributed by atoms with Crippen LogP contribution in [0.1, 0.15) is 23.2 Å². The van der Waals surface area contributed by atoms with E-state index < -0.39 is 22.8 Å². The number of carbonyl (C=O) groups is 2. The number of hydrogen-bond acceptors (Lipinski definition) is 4. The third-order valence-electron chi connectivity index (χ3n) is 3.05. The summed E-state index contributed by atoms with van der Waals surface area (Å²) in [7, 11) is 0. The maximum absolute atomic E-state index is 12.1. The lowest BCUT2D eigenvalue weighted by atomic mass is 10.1. The summed E-state index contributed by atoms with van der Waals surface area (Å²) in [5, 5.41) is 22.2. The number of rotatable bonds is 5. The molecule has 0 aliphatic heterocycles. The predicted molar refractivity (Wildman–Crippen MR) is 77.4 cm³/mol. The number of nitrogens with zero attached hydrogens (tertiary/aromatic N) is 1. The minimum atomic E-state index is -1.08. The Bertz CT molecular complexity index is 585. The van der Waals surface area contributed by atoms with Crippen LogP contribution in [0.2, 0.25) is 0 Å². The lowest BCUT2D eigenvalue weighted by molar-refractivity contribution is -0.384. The number of carboxylic acid groups (broad SMARTS) is 1. The fourth-order valence-electron chi connectivity index (χ4n) is 1.83. The van der Waals surface area contributed by atoms with Crippen molar-refractivity contribution in [2.45, 2.75) is 18.9 Å². The molecular formula is C12H11IN2O5. The highest BCUT2D eigenvalue weighted by atomic mass is 127.